The molecule has 7 heteroatoms. The summed E-state index contributed by atoms with van der Waals surface area (Å²) in [5.41, 5.74) is 0.951. The van der Waals surface area contributed by atoms with Gasteiger partial charge in [-0.2, -0.15) is 5.26 Å². The smallest absolute Gasteiger partial charge is 0.242 e. The second-order valence-electron chi connectivity index (χ2n) is 5.13. The van der Waals surface area contributed by atoms with Crippen LogP contribution in [0.5, 0.6) is 0 Å². The number of nitrogens with one attached hydrogen (secondary N) is 2. The van der Waals surface area contributed by atoms with E-state index in [2.05, 4.69) is 10.0 Å². The fraction of sp³-hybridized carbons (Fsp3) is 0.176. The summed E-state index contributed by atoms with van der Waals surface area (Å²) in [6.07, 6.45) is 0. The first-order valence-corrected chi connectivity index (χ1v) is 8.75. The summed E-state index contributed by atoms with van der Waals surface area (Å²) in [6, 6.07) is 16.8. The lowest BCUT2D eigenvalue weighted by Gasteiger charge is -2.14. The minimum Gasteiger partial charge on any atom is -0.348 e. The van der Waals surface area contributed by atoms with Crippen molar-refractivity contribution in [2.24, 2.45) is 0 Å². The van der Waals surface area contributed by atoms with Crippen molar-refractivity contribution in [2.75, 3.05) is 6.54 Å². The van der Waals surface area contributed by atoms with Gasteiger partial charge in [-0.3, -0.25) is 4.79 Å². The number of carbonyl (C=O) groups is 1. The first-order valence-electron chi connectivity index (χ1n) is 7.27. The van der Waals surface area contributed by atoms with Crippen LogP contribution in [-0.2, 0) is 14.8 Å². The van der Waals surface area contributed by atoms with E-state index >= 15 is 0 Å². The average Bonchev–Trinajstić information content (AvgIpc) is 2.60. The third-order valence-corrected chi connectivity index (χ3v) is 4.86. The van der Waals surface area contributed by atoms with E-state index in [4.69, 9.17) is 5.26 Å². The summed E-state index contributed by atoms with van der Waals surface area (Å²) in [5, 5.41) is 11.7. The number of carbonyl (C=O) groups excluding carboxylic acids is 1. The molecular formula is C17H17N3O3S. The standard InChI is InChI=1S/C17H17N3O3S/c1-13(14-7-3-2-4-8-14)20-17(21)12-19-24(22,23)16-10-6-5-9-15(16)11-18/h2-10,13,19H,12H2,1H3,(H,20,21). The molecule has 0 saturated heterocycles. The lowest BCUT2D eigenvalue weighted by atomic mass is 10.1. The molecule has 0 saturated carbocycles. The van der Waals surface area contributed by atoms with Crippen molar-refractivity contribution in [3.05, 3.63) is 65.7 Å². The summed E-state index contributed by atoms with van der Waals surface area (Å²) < 4.78 is 26.7. The SMILES string of the molecule is CC(NC(=O)CNS(=O)(=O)c1ccccc1C#N)c1ccccc1. The Hall–Kier alpha value is -2.69. The molecule has 0 fully saturated rings. The van der Waals surface area contributed by atoms with E-state index in [1.54, 1.807) is 6.07 Å². The fourth-order valence-electron chi connectivity index (χ4n) is 2.15. The molecular weight excluding hydrogens is 326 g/mol. The zero-order valence-electron chi connectivity index (χ0n) is 13.1. The summed E-state index contributed by atoms with van der Waals surface area (Å²) >= 11 is 0. The highest BCUT2D eigenvalue weighted by Gasteiger charge is 2.19. The quantitative estimate of drug-likeness (QED) is 0.834. The van der Waals surface area contributed by atoms with Gasteiger partial charge in [0.15, 0.2) is 0 Å². The van der Waals surface area contributed by atoms with Gasteiger partial charge in [0.2, 0.25) is 15.9 Å². The predicted molar refractivity (Wildman–Crippen MR) is 89.3 cm³/mol. The van der Waals surface area contributed by atoms with Crippen LogP contribution in [-0.4, -0.2) is 20.9 Å². The van der Waals surface area contributed by atoms with Crippen LogP contribution in [0.25, 0.3) is 0 Å². The molecule has 2 N–H and O–H groups in total. The Kier molecular flexibility index (Phi) is 5.68. The highest BCUT2D eigenvalue weighted by Crippen LogP contribution is 2.14. The monoisotopic (exact) mass is 343 g/mol. The van der Waals surface area contributed by atoms with E-state index in [9.17, 15) is 13.2 Å². The van der Waals surface area contributed by atoms with Gasteiger partial charge in [0.05, 0.1) is 23.0 Å². The Morgan fingerprint density at radius 3 is 2.42 bits per heavy atom. The van der Waals surface area contributed by atoms with Gasteiger partial charge in [-0.15, -0.1) is 0 Å². The van der Waals surface area contributed by atoms with Gasteiger partial charge in [-0.05, 0) is 24.6 Å². The van der Waals surface area contributed by atoms with E-state index < -0.39 is 22.5 Å². The molecule has 0 aliphatic carbocycles. The van der Waals surface area contributed by atoms with Crippen LogP contribution in [0.1, 0.15) is 24.1 Å². The molecule has 2 aromatic carbocycles. The van der Waals surface area contributed by atoms with Gasteiger partial charge in [0.1, 0.15) is 6.07 Å². The molecule has 1 atom stereocenters. The third-order valence-electron chi connectivity index (χ3n) is 3.40. The zero-order valence-corrected chi connectivity index (χ0v) is 13.9. The Morgan fingerprint density at radius 1 is 1.12 bits per heavy atom. The average molecular weight is 343 g/mol. The summed E-state index contributed by atoms with van der Waals surface area (Å²) in [5.74, 6) is -0.454. The number of benzene rings is 2. The number of rotatable bonds is 6. The van der Waals surface area contributed by atoms with Crippen LogP contribution in [0.3, 0.4) is 0 Å². The van der Waals surface area contributed by atoms with Gasteiger partial charge in [0.25, 0.3) is 0 Å². The molecule has 2 aromatic rings. The normalized spacial score (nSPS) is 12.2. The van der Waals surface area contributed by atoms with Crippen molar-refractivity contribution in [3.63, 3.8) is 0 Å². The van der Waals surface area contributed by atoms with Crippen LogP contribution in [0.15, 0.2) is 59.5 Å². The molecule has 0 heterocycles. The van der Waals surface area contributed by atoms with Crippen LogP contribution in [0.4, 0.5) is 0 Å². The van der Waals surface area contributed by atoms with Crippen molar-refractivity contribution >= 4 is 15.9 Å². The molecule has 1 unspecified atom stereocenters. The molecule has 0 bridgehead atoms. The summed E-state index contributed by atoms with van der Waals surface area (Å²) in [6.45, 7) is 1.41. The molecule has 0 aromatic heterocycles. The van der Waals surface area contributed by atoms with Crippen molar-refractivity contribution in [3.8, 4) is 6.07 Å². The number of amides is 1. The van der Waals surface area contributed by atoms with E-state index in [0.29, 0.717) is 0 Å². The van der Waals surface area contributed by atoms with Gasteiger partial charge >= 0.3 is 0 Å². The van der Waals surface area contributed by atoms with Gasteiger partial charge in [-0.25, -0.2) is 13.1 Å². The van der Waals surface area contributed by atoms with E-state index in [0.717, 1.165) is 5.56 Å². The highest BCUT2D eigenvalue weighted by atomic mass is 32.2. The molecule has 0 radical (unpaired) electrons. The highest BCUT2D eigenvalue weighted by molar-refractivity contribution is 7.89. The molecule has 1 amide bonds. The van der Waals surface area contributed by atoms with Crippen molar-refractivity contribution in [2.45, 2.75) is 17.9 Å². The topological polar surface area (TPSA) is 99.1 Å². The Labute approximate surface area is 141 Å². The number of nitriles is 1. The summed E-state index contributed by atoms with van der Waals surface area (Å²) in [7, 11) is -3.93. The van der Waals surface area contributed by atoms with Crippen molar-refractivity contribution in [1.29, 1.82) is 5.26 Å². The second-order valence-corrected chi connectivity index (χ2v) is 6.87. The van der Waals surface area contributed by atoms with E-state index in [-0.39, 0.29) is 16.5 Å². The Morgan fingerprint density at radius 2 is 1.75 bits per heavy atom. The van der Waals surface area contributed by atoms with E-state index in [1.807, 2.05) is 43.3 Å². The zero-order chi connectivity index (χ0) is 17.6. The molecule has 2 rings (SSSR count). The maximum absolute atomic E-state index is 12.2. The van der Waals surface area contributed by atoms with Crippen LogP contribution in [0, 0.1) is 11.3 Å². The molecule has 0 spiro atoms. The number of hydrogen-bond donors (Lipinski definition) is 2. The Bertz CT molecular complexity index is 858. The van der Waals surface area contributed by atoms with Gasteiger partial charge in [0, 0.05) is 0 Å². The minimum atomic E-state index is -3.93. The van der Waals surface area contributed by atoms with E-state index in [1.165, 1.54) is 18.2 Å². The maximum Gasteiger partial charge on any atom is 0.242 e. The van der Waals surface area contributed by atoms with Gasteiger partial charge < -0.3 is 5.32 Å². The largest absolute Gasteiger partial charge is 0.348 e. The minimum absolute atomic E-state index is 0.0306. The lowest BCUT2D eigenvalue weighted by molar-refractivity contribution is -0.120. The predicted octanol–water partition coefficient (Wildman–Crippen LogP) is 1.71. The molecule has 0 aliphatic rings. The fourth-order valence-corrected chi connectivity index (χ4v) is 3.29. The Balaban J connectivity index is 2.00. The lowest BCUT2D eigenvalue weighted by Crippen LogP contribution is -2.38. The van der Waals surface area contributed by atoms with Crippen molar-refractivity contribution < 1.29 is 13.2 Å². The van der Waals surface area contributed by atoms with Gasteiger partial charge in [-0.1, -0.05) is 42.5 Å². The van der Waals surface area contributed by atoms with Crippen LogP contribution >= 0.6 is 0 Å². The molecule has 24 heavy (non-hydrogen) atoms. The van der Waals surface area contributed by atoms with Crippen LogP contribution < -0.4 is 10.0 Å². The first-order chi connectivity index (χ1) is 11.4. The second kappa shape index (κ2) is 7.73. The first kappa shape index (κ1) is 17.7. The van der Waals surface area contributed by atoms with Crippen LogP contribution in [0.2, 0.25) is 0 Å². The van der Waals surface area contributed by atoms with Crippen molar-refractivity contribution in [1.82, 2.24) is 10.0 Å². The maximum atomic E-state index is 12.2. The summed E-state index contributed by atoms with van der Waals surface area (Å²) in [4.78, 5) is 11.8. The molecule has 0 aliphatic heterocycles. The third kappa shape index (κ3) is 4.41. The number of nitrogens with zero attached hydrogens (tertiary/aromatic N) is 1. The molecule has 124 valence electrons. The molecule has 6 nitrogen and oxygen atoms in total. The number of sulfonamides is 1. The number of hydrogen-bond acceptors (Lipinski definition) is 4.